The summed E-state index contributed by atoms with van der Waals surface area (Å²) in [6.07, 6.45) is 0. The first-order valence-electron chi connectivity index (χ1n) is 1.56. The van der Waals surface area contributed by atoms with Crippen LogP contribution in [-0.2, 0) is 26.1 Å². The molecule has 0 saturated heterocycles. The summed E-state index contributed by atoms with van der Waals surface area (Å²) in [5.74, 6) is 0. The molecule has 0 rings (SSSR count). The van der Waals surface area contributed by atoms with E-state index in [2.05, 4.69) is 13.8 Å². The molecule has 2 heteroatoms. The van der Waals surface area contributed by atoms with Gasteiger partial charge in [0.2, 0.25) is 0 Å². The van der Waals surface area contributed by atoms with Gasteiger partial charge in [0.1, 0.15) is 0 Å². The van der Waals surface area contributed by atoms with Gasteiger partial charge in [0.25, 0.3) is 0 Å². The van der Waals surface area contributed by atoms with Crippen LogP contribution in [-0.4, -0.2) is 0 Å². The fraction of sp³-hybridized carbons (Fsp3) is 1.00. The van der Waals surface area contributed by atoms with Gasteiger partial charge in [-0.25, -0.2) is 0 Å². The summed E-state index contributed by atoms with van der Waals surface area (Å²) in [4.78, 5) is 0. The van der Waals surface area contributed by atoms with E-state index < -0.39 is 0 Å². The van der Waals surface area contributed by atoms with Gasteiger partial charge >= 0.3 is 43.4 Å². The van der Waals surface area contributed by atoms with E-state index in [-0.39, 0.29) is 4.70 Å². The number of rotatable bonds is 0. The molecule has 0 atom stereocenters. The third kappa shape index (κ3) is 53.4. The Morgan fingerprint density at radius 1 is 1.40 bits per heavy atom. The van der Waals surface area contributed by atoms with Crippen molar-refractivity contribution in [2.75, 3.05) is 0 Å². The first-order chi connectivity index (χ1) is 1.73. The smallest absolute Gasteiger partial charge is 0 e. The van der Waals surface area contributed by atoms with Crippen molar-refractivity contribution < 1.29 is 30.8 Å². The molecule has 0 bridgehead atoms. The summed E-state index contributed by atoms with van der Waals surface area (Å²) in [7, 11) is 0. The zero-order chi connectivity index (χ0) is 3.58. The van der Waals surface area contributed by atoms with E-state index in [4.69, 9.17) is 0 Å². The molecular formula is C3H7FHg. The maximum absolute atomic E-state index is 2.25. The van der Waals surface area contributed by atoms with Crippen LogP contribution in [0, 0.1) is 0 Å². The first-order valence-corrected chi connectivity index (χ1v) is 4.74. The van der Waals surface area contributed by atoms with Crippen molar-refractivity contribution in [2.45, 2.75) is 17.3 Å². The van der Waals surface area contributed by atoms with E-state index in [9.17, 15) is 0 Å². The van der Waals surface area contributed by atoms with Gasteiger partial charge < -0.3 is 0 Å². The van der Waals surface area contributed by atoms with Gasteiger partial charge in [-0.3, -0.25) is 0 Å². The zero-order valence-corrected chi connectivity index (χ0v) is 9.16. The van der Waals surface area contributed by atoms with Crippen LogP contribution in [0.2, 0.25) is 3.43 Å². The van der Waals surface area contributed by atoms with Crippen molar-refractivity contribution in [1.82, 2.24) is 0 Å². The average molecular weight is 263 g/mol. The molecule has 0 nitrogen and oxygen atoms in total. The zero-order valence-electron chi connectivity index (χ0n) is 3.66. The second-order valence-electron chi connectivity index (χ2n) is 1.39. The van der Waals surface area contributed by atoms with Crippen LogP contribution in [0.15, 0.2) is 0 Å². The van der Waals surface area contributed by atoms with Crippen LogP contribution in [0.4, 0.5) is 4.70 Å². The third-order valence-electron chi connectivity index (χ3n) is 0. The maximum atomic E-state index is 2.25. The van der Waals surface area contributed by atoms with Crippen LogP contribution >= 0.6 is 0 Å². The largest absolute Gasteiger partial charge is 0 e. The van der Waals surface area contributed by atoms with Crippen LogP contribution in [0.3, 0.4) is 0 Å². The Kier molecular flexibility index (Phi) is 9.04. The number of hydrogen-bond donors (Lipinski definition) is 0. The molecule has 1 radical (unpaired) electrons. The van der Waals surface area contributed by atoms with E-state index in [1.165, 1.54) is 0 Å². The van der Waals surface area contributed by atoms with Gasteiger partial charge in [0.05, 0.1) is 0 Å². The average Bonchev–Trinajstić information content (AvgIpc) is 0.811. The molecule has 0 fully saturated rings. The van der Waals surface area contributed by atoms with Crippen LogP contribution in [0.25, 0.3) is 0 Å². The Balaban J connectivity index is 0. The predicted molar refractivity (Wildman–Crippen MR) is 16.2 cm³/mol. The monoisotopic (exact) mass is 264 g/mol. The molecule has 0 aliphatic rings. The summed E-state index contributed by atoms with van der Waals surface area (Å²) in [6, 6.07) is 0. The Bertz CT molecular complexity index is 11.6. The fourth-order valence-corrected chi connectivity index (χ4v) is 0. The van der Waals surface area contributed by atoms with Gasteiger partial charge in [-0.05, 0) is 0 Å². The molecule has 0 saturated carbocycles. The maximum Gasteiger partial charge on any atom is 0 e. The summed E-state index contributed by atoms with van der Waals surface area (Å²) in [5, 5.41) is 0. The van der Waals surface area contributed by atoms with Crippen molar-refractivity contribution in [3.8, 4) is 0 Å². The second kappa shape index (κ2) is 4.87. The minimum absolute atomic E-state index is 0. The SMILES string of the molecule is C[CH](C)[Hg].[F]. The standard InChI is InChI=1S/C3H7.F.Hg/c1-3-2;;/h3H,1-2H3;;. The quantitative estimate of drug-likeness (QED) is 0.584. The van der Waals surface area contributed by atoms with Gasteiger partial charge in [-0.15, -0.1) is 0 Å². The van der Waals surface area contributed by atoms with Crippen molar-refractivity contribution in [2.24, 2.45) is 0 Å². The molecule has 28 valence electrons. The van der Waals surface area contributed by atoms with Crippen molar-refractivity contribution in [1.29, 1.82) is 0 Å². The summed E-state index contributed by atoms with van der Waals surface area (Å²) in [5.41, 5.74) is 0. The Hall–Kier alpha value is 0.865. The Labute approximate surface area is 48.3 Å². The minimum Gasteiger partial charge on any atom is 0 e. The van der Waals surface area contributed by atoms with Crippen LogP contribution in [0.5, 0.6) is 0 Å². The van der Waals surface area contributed by atoms with Crippen LogP contribution < -0.4 is 0 Å². The molecule has 0 aromatic heterocycles. The van der Waals surface area contributed by atoms with Crippen molar-refractivity contribution in [3.05, 3.63) is 0 Å². The first kappa shape index (κ1) is 9.29. The molecule has 0 spiro atoms. The Morgan fingerprint density at radius 3 is 1.40 bits per heavy atom. The number of halogens is 1. The predicted octanol–water partition coefficient (Wildman–Crippen LogP) is 1.78. The molecule has 0 aromatic rings. The molecule has 0 aromatic carbocycles. The third-order valence-corrected chi connectivity index (χ3v) is 0. The van der Waals surface area contributed by atoms with Gasteiger partial charge in [0, 0.05) is 4.70 Å². The molecule has 0 N–H and O–H groups in total. The van der Waals surface area contributed by atoms with E-state index in [0.29, 0.717) is 0 Å². The summed E-state index contributed by atoms with van der Waals surface area (Å²) >= 11 is 1.02. The van der Waals surface area contributed by atoms with E-state index in [1.807, 2.05) is 0 Å². The summed E-state index contributed by atoms with van der Waals surface area (Å²) < 4.78 is 1.03. The van der Waals surface area contributed by atoms with E-state index in [1.54, 1.807) is 0 Å². The van der Waals surface area contributed by atoms with Crippen molar-refractivity contribution in [3.63, 3.8) is 0 Å². The van der Waals surface area contributed by atoms with Gasteiger partial charge in [-0.1, -0.05) is 0 Å². The molecule has 0 heterocycles. The molecule has 5 heavy (non-hydrogen) atoms. The molecule has 0 unspecified atom stereocenters. The summed E-state index contributed by atoms with van der Waals surface area (Å²) in [6.45, 7) is 4.51. The molecule has 0 aliphatic heterocycles. The molecule has 0 amide bonds. The minimum atomic E-state index is 0. The van der Waals surface area contributed by atoms with Crippen LogP contribution in [0.1, 0.15) is 13.8 Å². The Morgan fingerprint density at radius 2 is 1.40 bits per heavy atom. The normalized spacial score (nSPS) is 7.40. The van der Waals surface area contributed by atoms with Crippen molar-refractivity contribution >= 4 is 0 Å². The van der Waals surface area contributed by atoms with E-state index in [0.717, 1.165) is 29.5 Å². The van der Waals surface area contributed by atoms with E-state index >= 15 is 0 Å². The molecule has 0 aliphatic carbocycles. The van der Waals surface area contributed by atoms with Gasteiger partial charge in [0.15, 0.2) is 0 Å². The topological polar surface area (TPSA) is 0 Å². The number of hydrogen-bond acceptors (Lipinski definition) is 0. The van der Waals surface area contributed by atoms with Gasteiger partial charge in [-0.2, -0.15) is 0 Å². The fourth-order valence-electron chi connectivity index (χ4n) is 0. The molecular weight excluding hydrogens is 256 g/mol. The second-order valence-corrected chi connectivity index (χ2v) is 7.74.